The lowest BCUT2D eigenvalue weighted by Crippen LogP contribution is -2.12. The van der Waals surface area contributed by atoms with Crippen molar-refractivity contribution >= 4 is 34.5 Å². The van der Waals surface area contributed by atoms with Crippen molar-refractivity contribution < 1.29 is 9.53 Å². The molecule has 1 amide bonds. The van der Waals surface area contributed by atoms with E-state index in [1.54, 1.807) is 18.3 Å². The number of carbonyl (C=O) groups is 1. The highest BCUT2D eigenvalue weighted by atomic mass is 35.5. The van der Waals surface area contributed by atoms with Gasteiger partial charge in [-0.3, -0.25) is 9.78 Å². The molecule has 1 aromatic carbocycles. The Bertz CT molecular complexity index is 938. The van der Waals surface area contributed by atoms with Crippen LogP contribution in [0.2, 0.25) is 5.02 Å². The van der Waals surface area contributed by atoms with Crippen LogP contribution in [0.4, 0.5) is 5.69 Å². The van der Waals surface area contributed by atoms with Crippen LogP contribution in [0.5, 0.6) is 5.75 Å². The monoisotopic (exact) mass is 387 g/mol. The van der Waals surface area contributed by atoms with Crippen LogP contribution in [0.1, 0.15) is 31.6 Å². The zero-order chi connectivity index (χ0) is 18.7. The van der Waals surface area contributed by atoms with Gasteiger partial charge in [-0.1, -0.05) is 17.7 Å². The van der Waals surface area contributed by atoms with Crippen LogP contribution in [0.25, 0.3) is 0 Å². The van der Waals surface area contributed by atoms with Gasteiger partial charge >= 0.3 is 0 Å². The number of nitrogens with one attached hydrogen (secondary N) is 1. The summed E-state index contributed by atoms with van der Waals surface area (Å²) in [6.45, 7) is 5.89. The number of aryl methyl sites for hydroxylation is 2. The molecule has 0 aliphatic heterocycles. The van der Waals surface area contributed by atoms with E-state index < -0.39 is 0 Å². The first kappa shape index (κ1) is 18.4. The highest BCUT2D eigenvalue weighted by molar-refractivity contribution is 7.13. The topological polar surface area (TPSA) is 64.1 Å². The van der Waals surface area contributed by atoms with Crippen molar-refractivity contribution in [2.75, 3.05) is 5.32 Å². The third-order valence-corrected chi connectivity index (χ3v) is 5.35. The van der Waals surface area contributed by atoms with Crippen LogP contribution in [-0.2, 0) is 6.61 Å². The molecule has 0 aliphatic rings. The van der Waals surface area contributed by atoms with E-state index in [1.165, 1.54) is 11.3 Å². The van der Waals surface area contributed by atoms with Gasteiger partial charge in [0, 0.05) is 16.4 Å². The lowest BCUT2D eigenvalue weighted by molar-refractivity contribution is 0.102. The summed E-state index contributed by atoms with van der Waals surface area (Å²) in [6, 6.07) is 9.16. The van der Waals surface area contributed by atoms with E-state index in [0.717, 1.165) is 16.3 Å². The summed E-state index contributed by atoms with van der Waals surface area (Å²) >= 11 is 7.42. The summed E-state index contributed by atoms with van der Waals surface area (Å²) in [5.41, 5.74) is 3.13. The van der Waals surface area contributed by atoms with E-state index in [1.807, 2.05) is 39.0 Å². The van der Waals surface area contributed by atoms with Gasteiger partial charge < -0.3 is 10.1 Å². The molecule has 3 aromatic rings. The minimum Gasteiger partial charge on any atom is -0.485 e. The van der Waals surface area contributed by atoms with Crippen molar-refractivity contribution in [2.45, 2.75) is 27.4 Å². The number of amides is 1. The summed E-state index contributed by atoms with van der Waals surface area (Å²) in [7, 11) is 0. The molecule has 0 atom stereocenters. The molecule has 5 nitrogen and oxygen atoms in total. The molecule has 3 rings (SSSR count). The molecule has 0 unspecified atom stereocenters. The third-order valence-electron chi connectivity index (χ3n) is 3.81. The number of hydrogen-bond acceptors (Lipinski definition) is 5. The van der Waals surface area contributed by atoms with Gasteiger partial charge in [0.05, 0.1) is 11.9 Å². The fourth-order valence-electron chi connectivity index (χ4n) is 2.33. The van der Waals surface area contributed by atoms with Gasteiger partial charge in [-0.25, -0.2) is 4.98 Å². The quantitative estimate of drug-likeness (QED) is 0.672. The number of benzene rings is 1. The number of thiazole rings is 1. The number of pyridine rings is 1. The average molecular weight is 388 g/mol. The zero-order valence-electron chi connectivity index (χ0n) is 14.7. The van der Waals surface area contributed by atoms with Crippen LogP contribution in [-0.4, -0.2) is 15.9 Å². The Morgan fingerprint density at radius 3 is 2.77 bits per heavy atom. The van der Waals surface area contributed by atoms with E-state index in [0.29, 0.717) is 33.6 Å². The molecular weight excluding hydrogens is 370 g/mol. The first-order valence-electron chi connectivity index (χ1n) is 8.02. The van der Waals surface area contributed by atoms with E-state index in [2.05, 4.69) is 15.3 Å². The molecule has 1 N–H and O–H groups in total. The largest absolute Gasteiger partial charge is 0.485 e. The van der Waals surface area contributed by atoms with E-state index in [4.69, 9.17) is 16.3 Å². The number of hydrogen-bond donors (Lipinski definition) is 1. The zero-order valence-corrected chi connectivity index (χ0v) is 16.2. The maximum atomic E-state index is 12.6. The minimum absolute atomic E-state index is 0.200. The second-order valence-electron chi connectivity index (χ2n) is 5.81. The van der Waals surface area contributed by atoms with Crippen LogP contribution in [0.15, 0.2) is 36.5 Å². The van der Waals surface area contributed by atoms with Crippen molar-refractivity contribution in [2.24, 2.45) is 0 Å². The molecule has 0 spiro atoms. The fourth-order valence-corrected chi connectivity index (χ4v) is 3.38. The van der Waals surface area contributed by atoms with Gasteiger partial charge in [0.25, 0.3) is 5.91 Å². The Labute approximate surface area is 161 Å². The number of ether oxygens (including phenoxy) is 1. The smallest absolute Gasteiger partial charge is 0.267 e. The average Bonchev–Trinajstić information content (AvgIpc) is 2.99. The lowest BCUT2D eigenvalue weighted by atomic mass is 10.2. The van der Waals surface area contributed by atoms with Crippen LogP contribution >= 0.6 is 22.9 Å². The fraction of sp³-hybridized carbons (Fsp3) is 0.211. The third kappa shape index (κ3) is 4.20. The summed E-state index contributed by atoms with van der Waals surface area (Å²) in [4.78, 5) is 21.8. The van der Waals surface area contributed by atoms with E-state index >= 15 is 0 Å². The number of nitrogens with zero attached hydrogens (tertiary/aromatic N) is 2. The number of aromatic nitrogens is 2. The van der Waals surface area contributed by atoms with E-state index in [9.17, 15) is 4.79 Å². The SMILES string of the molecule is Cc1ccc(OCc2nc(C)c(C(=O)Nc3cccc(Cl)c3C)s2)cn1. The van der Waals surface area contributed by atoms with E-state index in [-0.39, 0.29) is 5.91 Å². The molecule has 0 fully saturated rings. The Morgan fingerprint density at radius 1 is 1.23 bits per heavy atom. The van der Waals surface area contributed by atoms with Crippen LogP contribution in [0.3, 0.4) is 0 Å². The van der Waals surface area contributed by atoms with Gasteiger partial charge in [-0.15, -0.1) is 11.3 Å². The Hall–Kier alpha value is -2.44. The number of halogens is 1. The summed E-state index contributed by atoms with van der Waals surface area (Å²) in [5.74, 6) is 0.470. The maximum absolute atomic E-state index is 12.6. The first-order valence-corrected chi connectivity index (χ1v) is 9.21. The second kappa shape index (κ2) is 7.85. The van der Waals surface area contributed by atoms with Gasteiger partial charge in [-0.05, 0) is 50.6 Å². The molecule has 2 aromatic heterocycles. The normalized spacial score (nSPS) is 10.6. The van der Waals surface area contributed by atoms with Crippen molar-refractivity contribution in [1.29, 1.82) is 0 Å². The molecule has 7 heteroatoms. The van der Waals surface area contributed by atoms with Gasteiger partial charge in [0.15, 0.2) is 0 Å². The molecule has 26 heavy (non-hydrogen) atoms. The highest BCUT2D eigenvalue weighted by Crippen LogP contribution is 2.25. The van der Waals surface area contributed by atoms with Crippen LogP contribution in [0, 0.1) is 20.8 Å². The molecule has 2 heterocycles. The van der Waals surface area contributed by atoms with Crippen molar-refractivity contribution in [1.82, 2.24) is 9.97 Å². The molecule has 134 valence electrons. The van der Waals surface area contributed by atoms with Gasteiger partial charge in [0.1, 0.15) is 22.2 Å². The summed E-state index contributed by atoms with van der Waals surface area (Å²) in [5, 5.41) is 4.25. The van der Waals surface area contributed by atoms with Crippen molar-refractivity contribution in [3.63, 3.8) is 0 Å². The molecule has 0 saturated carbocycles. The molecular formula is C19H18ClN3O2S. The second-order valence-corrected chi connectivity index (χ2v) is 7.30. The molecule has 0 saturated heterocycles. The molecule has 0 bridgehead atoms. The standard InChI is InChI=1S/C19H18ClN3O2S/c1-11-7-8-14(9-21-11)25-10-17-22-13(3)18(26-17)19(24)23-16-6-4-5-15(20)12(16)2/h4-9H,10H2,1-3H3,(H,23,24). The Balaban J connectivity index is 1.70. The number of carbonyl (C=O) groups excluding carboxylic acids is 1. The predicted octanol–water partition coefficient (Wildman–Crippen LogP) is 4.95. The van der Waals surface area contributed by atoms with Gasteiger partial charge in [0.2, 0.25) is 0 Å². The Kier molecular flexibility index (Phi) is 5.54. The summed E-state index contributed by atoms with van der Waals surface area (Å²) in [6.07, 6.45) is 1.67. The minimum atomic E-state index is -0.200. The highest BCUT2D eigenvalue weighted by Gasteiger charge is 2.17. The van der Waals surface area contributed by atoms with Crippen molar-refractivity contribution in [3.8, 4) is 5.75 Å². The first-order chi connectivity index (χ1) is 12.4. The van der Waals surface area contributed by atoms with Crippen LogP contribution < -0.4 is 10.1 Å². The predicted molar refractivity (Wildman–Crippen MR) is 104 cm³/mol. The number of anilines is 1. The molecule has 0 radical (unpaired) electrons. The molecule has 0 aliphatic carbocycles. The van der Waals surface area contributed by atoms with Crippen molar-refractivity contribution in [3.05, 3.63) is 68.4 Å². The van der Waals surface area contributed by atoms with Gasteiger partial charge in [-0.2, -0.15) is 0 Å². The summed E-state index contributed by atoms with van der Waals surface area (Å²) < 4.78 is 5.68. The Morgan fingerprint density at radius 2 is 2.04 bits per heavy atom. The number of rotatable bonds is 5. The lowest BCUT2D eigenvalue weighted by Gasteiger charge is -2.08. The maximum Gasteiger partial charge on any atom is 0.267 e.